The summed E-state index contributed by atoms with van der Waals surface area (Å²) >= 11 is 0. The van der Waals surface area contributed by atoms with Gasteiger partial charge in [0.2, 0.25) is 5.91 Å². The van der Waals surface area contributed by atoms with E-state index in [1.54, 1.807) is 0 Å². The molecule has 4 nitrogen and oxygen atoms in total. The molecule has 90 valence electrons. The fourth-order valence-corrected chi connectivity index (χ4v) is 1.36. The molecule has 0 radical (unpaired) electrons. The van der Waals surface area contributed by atoms with Crippen molar-refractivity contribution in [2.75, 3.05) is 0 Å². The van der Waals surface area contributed by atoms with Gasteiger partial charge in [0.1, 0.15) is 5.70 Å². The highest BCUT2D eigenvalue weighted by molar-refractivity contribution is 5.96. The number of aryl methyl sites for hydroxylation is 1. The minimum Gasteiger partial charge on any atom is -0.477 e. The van der Waals surface area contributed by atoms with Gasteiger partial charge in [0.15, 0.2) is 0 Å². The second-order valence-electron chi connectivity index (χ2n) is 3.64. The summed E-state index contributed by atoms with van der Waals surface area (Å²) in [5.74, 6) is -1.55. The van der Waals surface area contributed by atoms with Crippen LogP contribution < -0.4 is 5.32 Å². The second-order valence-corrected chi connectivity index (χ2v) is 3.64. The van der Waals surface area contributed by atoms with Crippen LogP contribution in [0.2, 0.25) is 0 Å². The molecule has 0 aliphatic heterocycles. The fourth-order valence-electron chi connectivity index (χ4n) is 1.36. The molecule has 0 aliphatic rings. The van der Waals surface area contributed by atoms with Crippen molar-refractivity contribution in [2.45, 2.75) is 20.3 Å². The third kappa shape index (κ3) is 4.10. The van der Waals surface area contributed by atoms with Crippen molar-refractivity contribution in [1.82, 2.24) is 5.32 Å². The molecule has 0 spiro atoms. The number of hydrogen-bond donors (Lipinski definition) is 2. The molecule has 0 saturated carbocycles. The Balaban J connectivity index is 2.95. The van der Waals surface area contributed by atoms with Crippen LogP contribution in [-0.4, -0.2) is 17.0 Å². The van der Waals surface area contributed by atoms with Crippen LogP contribution in [0, 0.1) is 0 Å². The van der Waals surface area contributed by atoms with Crippen LogP contribution in [-0.2, 0) is 16.0 Å². The standard InChI is InChI=1S/C13H15NO3/c1-3-10-4-6-11(7-5-10)8-12(13(16)17)14-9(2)15/h4-8H,3H2,1-2H3,(H,14,15)(H,16,17)/b12-8+. The number of carbonyl (C=O) groups is 2. The molecule has 4 heteroatoms. The van der Waals surface area contributed by atoms with Gasteiger partial charge in [-0.05, 0) is 23.6 Å². The number of carboxylic acid groups (broad SMARTS) is 1. The topological polar surface area (TPSA) is 66.4 Å². The van der Waals surface area contributed by atoms with Crippen molar-refractivity contribution in [2.24, 2.45) is 0 Å². The lowest BCUT2D eigenvalue weighted by molar-refractivity contribution is -0.134. The molecule has 1 amide bonds. The highest BCUT2D eigenvalue weighted by Gasteiger charge is 2.08. The predicted molar refractivity (Wildman–Crippen MR) is 65.2 cm³/mol. The lowest BCUT2D eigenvalue weighted by atomic mass is 10.1. The Hall–Kier alpha value is -2.10. The van der Waals surface area contributed by atoms with E-state index >= 15 is 0 Å². The first-order valence-corrected chi connectivity index (χ1v) is 5.34. The summed E-state index contributed by atoms with van der Waals surface area (Å²) < 4.78 is 0. The van der Waals surface area contributed by atoms with E-state index in [9.17, 15) is 9.59 Å². The van der Waals surface area contributed by atoms with Crippen LogP contribution in [0.5, 0.6) is 0 Å². The summed E-state index contributed by atoms with van der Waals surface area (Å²) in [6, 6.07) is 7.51. The van der Waals surface area contributed by atoms with E-state index in [0.29, 0.717) is 0 Å². The maximum atomic E-state index is 10.9. The Morgan fingerprint density at radius 2 is 1.88 bits per heavy atom. The zero-order chi connectivity index (χ0) is 12.8. The van der Waals surface area contributed by atoms with E-state index in [4.69, 9.17) is 5.11 Å². The first-order valence-electron chi connectivity index (χ1n) is 5.34. The quantitative estimate of drug-likeness (QED) is 0.779. The molecule has 1 rings (SSSR count). The van der Waals surface area contributed by atoms with Gasteiger partial charge in [-0.1, -0.05) is 31.2 Å². The van der Waals surface area contributed by atoms with Gasteiger partial charge in [0.05, 0.1) is 0 Å². The van der Waals surface area contributed by atoms with E-state index in [0.717, 1.165) is 12.0 Å². The van der Waals surface area contributed by atoms with Crippen molar-refractivity contribution in [3.8, 4) is 0 Å². The number of amides is 1. The van der Waals surface area contributed by atoms with E-state index < -0.39 is 11.9 Å². The molecular weight excluding hydrogens is 218 g/mol. The number of rotatable bonds is 4. The average Bonchev–Trinajstić information content (AvgIpc) is 2.28. The lowest BCUT2D eigenvalue weighted by Crippen LogP contribution is -2.24. The van der Waals surface area contributed by atoms with Gasteiger partial charge in [-0.2, -0.15) is 0 Å². The van der Waals surface area contributed by atoms with Crippen LogP contribution >= 0.6 is 0 Å². The normalized spacial score (nSPS) is 11.1. The molecular formula is C13H15NO3. The highest BCUT2D eigenvalue weighted by atomic mass is 16.4. The molecule has 17 heavy (non-hydrogen) atoms. The molecule has 1 aromatic carbocycles. The maximum absolute atomic E-state index is 10.9. The average molecular weight is 233 g/mol. The largest absolute Gasteiger partial charge is 0.477 e. The van der Waals surface area contributed by atoms with Crippen molar-refractivity contribution in [3.05, 3.63) is 41.1 Å². The van der Waals surface area contributed by atoms with E-state index in [2.05, 4.69) is 5.32 Å². The van der Waals surface area contributed by atoms with Gasteiger partial charge in [0, 0.05) is 6.92 Å². The Labute approximate surface area is 100.0 Å². The Morgan fingerprint density at radius 3 is 2.29 bits per heavy atom. The molecule has 0 fully saturated rings. The Bertz CT molecular complexity index is 446. The number of aliphatic carboxylic acids is 1. The molecule has 0 aromatic heterocycles. The minimum atomic E-state index is -1.15. The summed E-state index contributed by atoms with van der Waals surface area (Å²) in [4.78, 5) is 21.7. The van der Waals surface area contributed by atoms with Crippen LogP contribution in [0.3, 0.4) is 0 Å². The summed E-state index contributed by atoms with van der Waals surface area (Å²) in [7, 11) is 0. The van der Waals surface area contributed by atoms with Crippen LogP contribution in [0.25, 0.3) is 6.08 Å². The molecule has 0 heterocycles. The van der Waals surface area contributed by atoms with Crippen molar-refractivity contribution in [1.29, 1.82) is 0 Å². The number of carboxylic acids is 1. The van der Waals surface area contributed by atoms with E-state index in [1.165, 1.54) is 18.6 Å². The molecule has 0 unspecified atom stereocenters. The molecule has 0 atom stereocenters. The SMILES string of the molecule is CCc1ccc(/C=C(/NC(C)=O)C(=O)O)cc1. The lowest BCUT2D eigenvalue weighted by Gasteiger charge is -2.03. The molecule has 2 N–H and O–H groups in total. The summed E-state index contributed by atoms with van der Waals surface area (Å²) in [5.41, 5.74) is 1.80. The first-order chi connectivity index (χ1) is 8.02. The van der Waals surface area contributed by atoms with Gasteiger partial charge >= 0.3 is 5.97 Å². The first kappa shape index (κ1) is 13.0. The van der Waals surface area contributed by atoms with Gasteiger partial charge in [-0.3, -0.25) is 4.79 Å². The van der Waals surface area contributed by atoms with Crippen LogP contribution in [0.1, 0.15) is 25.0 Å². The highest BCUT2D eigenvalue weighted by Crippen LogP contribution is 2.08. The maximum Gasteiger partial charge on any atom is 0.352 e. The third-order valence-corrected chi connectivity index (χ3v) is 2.24. The molecule has 1 aromatic rings. The number of carbonyl (C=O) groups excluding carboxylic acids is 1. The van der Waals surface area contributed by atoms with Crippen LogP contribution in [0.4, 0.5) is 0 Å². The van der Waals surface area contributed by atoms with Gasteiger partial charge in [0.25, 0.3) is 0 Å². The Kier molecular flexibility index (Phi) is 4.46. The number of benzene rings is 1. The zero-order valence-electron chi connectivity index (χ0n) is 9.86. The van der Waals surface area contributed by atoms with Gasteiger partial charge in [-0.25, -0.2) is 4.79 Å². The Morgan fingerprint density at radius 1 is 1.29 bits per heavy atom. The van der Waals surface area contributed by atoms with Gasteiger partial charge < -0.3 is 10.4 Å². The zero-order valence-corrected chi connectivity index (χ0v) is 9.86. The second kappa shape index (κ2) is 5.84. The smallest absolute Gasteiger partial charge is 0.352 e. The van der Waals surface area contributed by atoms with E-state index in [-0.39, 0.29) is 5.70 Å². The number of nitrogens with one attached hydrogen (secondary N) is 1. The van der Waals surface area contributed by atoms with E-state index in [1.807, 2.05) is 31.2 Å². The molecule has 0 saturated heterocycles. The van der Waals surface area contributed by atoms with Crippen molar-refractivity contribution >= 4 is 18.0 Å². The molecule has 0 bridgehead atoms. The number of hydrogen-bond acceptors (Lipinski definition) is 2. The monoisotopic (exact) mass is 233 g/mol. The summed E-state index contributed by atoms with van der Waals surface area (Å²) in [5, 5.41) is 11.2. The van der Waals surface area contributed by atoms with Crippen LogP contribution in [0.15, 0.2) is 30.0 Å². The molecule has 0 aliphatic carbocycles. The van der Waals surface area contributed by atoms with Crippen molar-refractivity contribution < 1.29 is 14.7 Å². The predicted octanol–water partition coefficient (Wildman–Crippen LogP) is 1.81. The van der Waals surface area contributed by atoms with Gasteiger partial charge in [-0.15, -0.1) is 0 Å². The summed E-state index contributed by atoms with van der Waals surface area (Å²) in [6.45, 7) is 3.32. The summed E-state index contributed by atoms with van der Waals surface area (Å²) in [6.07, 6.45) is 2.37. The fraction of sp³-hybridized carbons (Fsp3) is 0.231. The van der Waals surface area contributed by atoms with Crippen molar-refractivity contribution in [3.63, 3.8) is 0 Å². The minimum absolute atomic E-state index is 0.123. The third-order valence-electron chi connectivity index (χ3n) is 2.24.